The van der Waals surface area contributed by atoms with Crippen LogP contribution >= 0.6 is 0 Å². The van der Waals surface area contributed by atoms with Gasteiger partial charge in [0.25, 0.3) is 0 Å². The summed E-state index contributed by atoms with van der Waals surface area (Å²) < 4.78 is 11.2. The van der Waals surface area contributed by atoms with Gasteiger partial charge in [-0.3, -0.25) is 4.79 Å². The molecular formula is C24H38O4. The Bertz CT molecular complexity index is 558. The van der Waals surface area contributed by atoms with E-state index in [1.807, 2.05) is 24.3 Å². The Hall–Kier alpha value is -1.55. The third kappa shape index (κ3) is 7.12. The average Bonchev–Trinajstić information content (AvgIpc) is 2.72. The van der Waals surface area contributed by atoms with Gasteiger partial charge in [-0.05, 0) is 56.2 Å². The van der Waals surface area contributed by atoms with Gasteiger partial charge in [0, 0.05) is 0 Å². The van der Waals surface area contributed by atoms with E-state index in [2.05, 4.69) is 13.8 Å². The van der Waals surface area contributed by atoms with Gasteiger partial charge in [0.15, 0.2) is 0 Å². The molecule has 0 radical (unpaired) electrons. The van der Waals surface area contributed by atoms with Gasteiger partial charge in [-0.15, -0.1) is 0 Å². The highest BCUT2D eigenvalue weighted by Gasteiger charge is 2.37. The lowest BCUT2D eigenvalue weighted by Gasteiger charge is -2.35. The fraction of sp³-hybridized carbons (Fsp3) is 0.708. The lowest BCUT2D eigenvalue weighted by atomic mass is 9.75. The number of esters is 1. The quantitative estimate of drug-likeness (QED) is 0.364. The molecule has 0 atom stereocenters. The molecule has 0 heterocycles. The van der Waals surface area contributed by atoms with Crippen LogP contribution in [0.25, 0.3) is 0 Å². The van der Waals surface area contributed by atoms with Crippen molar-refractivity contribution in [1.29, 1.82) is 0 Å². The number of ether oxygens (including phenoxy) is 2. The summed E-state index contributed by atoms with van der Waals surface area (Å²) in [5.41, 5.74) is 0.0679. The van der Waals surface area contributed by atoms with Crippen molar-refractivity contribution in [2.24, 2.45) is 5.92 Å². The molecule has 0 bridgehead atoms. The van der Waals surface area contributed by atoms with Gasteiger partial charge in [-0.25, -0.2) is 0 Å². The molecule has 2 rings (SSSR count). The second kappa shape index (κ2) is 12.1. The fourth-order valence-electron chi connectivity index (χ4n) is 3.84. The van der Waals surface area contributed by atoms with Crippen molar-refractivity contribution in [3.8, 4) is 5.75 Å². The average molecular weight is 391 g/mol. The molecule has 4 nitrogen and oxygen atoms in total. The highest BCUT2D eigenvalue weighted by atomic mass is 16.5. The van der Waals surface area contributed by atoms with Crippen LogP contribution in [0.5, 0.6) is 5.75 Å². The van der Waals surface area contributed by atoms with Crippen molar-refractivity contribution in [1.82, 2.24) is 0 Å². The van der Waals surface area contributed by atoms with E-state index in [0.29, 0.717) is 32.3 Å². The van der Waals surface area contributed by atoms with Crippen LogP contribution in [0, 0.1) is 5.92 Å². The molecule has 0 spiro atoms. The van der Waals surface area contributed by atoms with Crippen molar-refractivity contribution in [3.05, 3.63) is 29.8 Å². The van der Waals surface area contributed by atoms with Gasteiger partial charge in [0.2, 0.25) is 0 Å². The van der Waals surface area contributed by atoms with Crippen molar-refractivity contribution < 1.29 is 19.4 Å². The lowest BCUT2D eigenvalue weighted by Crippen LogP contribution is -2.34. The number of benzene rings is 1. The van der Waals surface area contributed by atoms with E-state index in [0.717, 1.165) is 37.2 Å². The van der Waals surface area contributed by atoms with Crippen LogP contribution in [0.3, 0.4) is 0 Å². The Kier molecular flexibility index (Phi) is 9.83. The summed E-state index contributed by atoms with van der Waals surface area (Å²) in [5.74, 6) is 0.686. The summed E-state index contributed by atoms with van der Waals surface area (Å²) in [6.07, 6.45) is 10.4. The molecule has 0 aromatic heterocycles. The van der Waals surface area contributed by atoms with Gasteiger partial charge in [0.1, 0.15) is 5.75 Å². The van der Waals surface area contributed by atoms with E-state index < -0.39 is 5.60 Å². The van der Waals surface area contributed by atoms with E-state index in [-0.39, 0.29) is 11.9 Å². The number of aliphatic hydroxyl groups is 1. The van der Waals surface area contributed by atoms with Gasteiger partial charge in [0.05, 0.1) is 24.7 Å². The molecule has 1 aromatic carbocycles. The molecule has 28 heavy (non-hydrogen) atoms. The number of unbranched alkanes of at least 4 members (excludes halogenated alkanes) is 5. The zero-order valence-electron chi connectivity index (χ0n) is 17.8. The molecule has 0 aliphatic heterocycles. The second-order valence-electron chi connectivity index (χ2n) is 8.11. The van der Waals surface area contributed by atoms with E-state index in [1.165, 1.54) is 25.7 Å². The highest BCUT2D eigenvalue weighted by Crippen LogP contribution is 2.40. The first kappa shape index (κ1) is 22.7. The minimum absolute atomic E-state index is 0.0763. The van der Waals surface area contributed by atoms with Crippen molar-refractivity contribution in [2.45, 2.75) is 90.1 Å². The van der Waals surface area contributed by atoms with Gasteiger partial charge in [-0.1, -0.05) is 58.1 Å². The minimum Gasteiger partial charge on any atom is -0.494 e. The molecule has 1 fully saturated rings. The molecule has 1 aliphatic rings. The van der Waals surface area contributed by atoms with Crippen LogP contribution in [0.4, 0.5) is 0 Å². The Labute approximate surface area is 170 Å². The number of rotatable bonds is 12. The zero-order chi connectivity index (χ0) is 20.2. The molecule has 1 aromatic rings. The summed E-state index contributed by atoms with van der Waals surface area (Å²) in [7, 11) is 0. The number of carbonyl (C=O) groups is 1. The summed E-state index contributed by atoms with van der Waals surface area (Å²) >= 11 is 0. The van der Waals surface area contributed by atoms with E-state index in [1.54, 1.807) is 0 Å². The molecule has 0 amide bonds. The van der Waals surface area contributed by atoms with Crippen LogP contribution in [-0.2, 0) is 15.1 Å². The first-order chi connectivity index (χ1) is 13.6. The van der Waals surface area contributed by atoms with Gasteiger partial charge < -0.3 is 14.6 Å². The van der Waals surface area contributed by atoms with Crippen LogP contribution in [0.2, 0.25) is 0 Å². The molecule has 1 N–H and O–H groups in total. The minimum atomic E-state index is -0.849. The zero-order valence-corrected chi connectivity index (χ0v) is 17.8. The second-order valence-corrected chi connectivity index (χ2v) is 8.11. The Morgan fingerprint density at radius 1 is 0.964 bits per heavy atom. The molecule has 1 saturated carbocycles. The molecular weight excluding hydrogens is 352 g/mol. The third-order valence-corrected chi connectivity index (χ3v) is 5.80. The molecule has 158 valence electrons. The Morgan fingerprint density at radius 2 is 1.57 bits per heavy atom. The highest BCUT2D eigenvalue weighted by molar-refractivity contribution is 5.72. The van der Waals surface area contributed by atoms with Crippen molar-refractivity contribution >= 4 is 5.97 Å². The molecule has 0 unspecified atom stereocenters. The maximum Gasteiger partial charge on any atom is 0.308 e. The van der Waals surface area contributed by atoms with E-state index in [4.69, 9.17) is 9.47 Å². The Morgan fingerprint density at radius 3 is 2.21 bits per heavy atom. The summed E-state index contributed by atoms with van der Waals surface area (Å²) in [5, 5.41) is 11.1. The standard InChI is InChI=1S/C24H38O4/c1-3-5-7-9-19-28-23(25)20-14-16-24(26,17-15-20)21-10-12-22(13-11-21)27-18-8-6-4-2/h10-13,20,26H,3-9,14-19H2,1-2H3. The smallest absolute Gasteiger partial charge is 0.308 e. The van der Waals surface area contributed by atoms with E-state index in [9.17, 15) is 9.90 Å². The summed E-state index contributed by atoms with van der Waals surface area (Å²) in [4.78, 5) is 12.2. The summed E-state index contributed by atoms with van der Waals surface area (Å²) in [6.45, 7) is 5.61. The lowest BCUT2D eigenvalue weighted by molar-refractivity contribution is -0.152. The first-order valence-corrected chi connectivity index (χ1v) is 11.2. The predicted octanol–water partition coefficient (Wildman–Crippen LogP) is 5.76. The fourth-order valence-corrected chi connectivity index (χ4v) is 3.84. The largest absolute Gasteiger partial charge is 0.494 e. The third-order valence-electron chi connectivity index (χ3n) is 5.80. The van der Waals surface area contributed by atoms with Gasteiger partial charge in [-0.2, -0.15) is 0 Å². The number of hydrogen-bond acceptors (Lipinski definition) is 4. The predicted molar refractivity (Wildman–Crippen MR) is 112 cm³/mol. The van der Waals surface area contributed by atoms with Crippen LogP contribution in [-0.4, -0.2) is 24.3 Å². The topological polar surface area (TPSA) is 55.8 Å². The first-order valence-electron chi connectivity index (χ1n) is 11.2. The monoisotopic (exact) mass is 390 g/mol. The van der Waals surface area contributed by atoms with Crippen molar-refractivity contribution in [3.63, 3.8) is 0 Å². The SMILES string of the molecule is CCCCCCOC(=O)C1CCC(O)(c2ccc(OCCCCC)cc2)CC1. The molecule has 4 heteroatoms. The summed E-state index contributed by atoms with van der Waals surface area (Å²) in [6, 6.07) is 7.80. The van der Waals surface area contributed by atoms with Crippen LogP contribution < -0.4 is 4.74 Å². The maximum atomic E-state index is 12.2. The van der Waals surface area contributed by atoms with E-state index >= 15 is 0 Å². The number of hydrogen-bond donors (Lipinski definition) is 1. The molecule has 1 aliphatic carbocycles. The van der Waals surface area contributed by atoms with Crippen LogP contribution in [0.1, 0.15) is 90.0 Å². The number of carbonyl (C=O) groups excluding carboxylic acids is 1. The molecule has 0 saturated heterocycles. The maximum absolute atomic E-state index is 12.2. The van der Waals surface area contributed by atoms with Crippen molar-refractivity contribution in [2.75, 3.05) is 13.2 Å². The van der Waals surface area contributed by atoms with Gasteiger partial charge >= 0.3 is 5.97 Å². The van der Waals surface area contributed by atoms with Crippen LogP contribution in [0.15, 0.2) is 24.3 Å². The Balaban J connectivity index is 1.76. The normalized spacial score (nSPS) is 22.0.